The fourth-order valence-corrected chi connectivity index (χ4v) is 2.68. The van der Waals surface area contributed by atoms with Crippen molar-refractivity contribution in [2.75, 3.05) is 11.1 Å². The molecule has 0 spiro atoms. The largest absolute Gasteiger partial charge is 0.508 e. The van der Waals surface area contributed by atoms with Gasteiger partial charge in [-0.15, -0.1) is 12.6 Å². The minimum absolute atomic E-state index is 0.153. The number of thiol groups is 1. The Hall–Kier alpha value is -2.58. The lowest BCUT2D eigenvalue weighted by Gasteiger charge is -2.11. The van der Waals surface area contributed by atoms with E-state index in [1.165, 1.54) is 6.20 Å². The van der Waals surface area contributed by atoms with E-state index in [1.807, 2.05) is 19.1 Å². The Morgan fingerprint density at radius 2 is 2.04 bits per heavy atom. The highest BCUT2D eigenvalue weighted by molar-refractivity contribution is 7.80. The second kappa shape index (κ2) is 8.50. The quantitative estimate of drug-likeness (QED) is 0.513. The number of pyridine rings is 1. The number of phenolic OH excluding ortho intramolecular Hbond substituents is 1. The highest BCUT2D eigenvalue weighted by Gasteiger charge is 2.13. The second-order valence-electron chi connectivity index (χ2n) is 5.13. The van der Waals surface area contributed by atoms with Crippen molar-refractivity contribution in [3.8, 4) is 5.75 Å². The molecule has 0 saturated heterocycles. The van der Waals surface area contributed by atoms with Gasteiger partial charge in [-0.1, -0.05) is 17.4 Å². The summed E-state index contributed by atoms with van der Waals surface area (Å²) in [6.07, 6.45) is 4.85. The van der Waals surface area contributed by atoms with Gasteiger partial charge in [0.1, 0.15) is 10.6 Å². The van der Waals surface area contributed by atoms with Gasteiger partial charge in [-0.3, -0.25) is 9.78 Å². The summed E-state index contributed by atoms with van der Waals surface area (Å²) < 4.78 is 0. The number of aromatic hydroxyl groups is 1. The monoisotopic (exact) mass is 374 g/mol. The van der Waals surface area contributed by atoms with Crippen molar-refractivity contribution >= 4 is 40.7 Å². The molecule has 3 aromatic rings. The van der Waals surface area contributed by atoms with Gasteiger partial charge < -0.3 is 16.2 Å². The number of nitrogen functional groups attached to an aromatic ring is 1. The molecule has 0 radical (unpaired) electrons. The van der Waals surface area contributed by atoms with Gasteiger partial charge in [0.25, 0.3) is 5.91 Å². The summed E-state index contributed by atoms with van der Waals surface area (Å²) in [5, 5.41) is 12.7. The van der Waals surface area contributed by atoms with Gasteiger partial charge in [0.2, 0.25) is 0 Å². The molecular weight excluding hydrogens is 356 g/mol. The number of anilines is 2. The summed E-state index contributed by atoms with van der Waals surface area (Å²) in [4.78, 5) is 20.9. The van der Waals surface area contributed by atoms with Crippen molar-refractivity contribution in [1.29, 1.82) is 0 Å². The summed E-state index contributed by atoms with van der Waals surface area (Å²) >= 11 is 5.15. The zero-order chi connectivity index (χ0) is 18.4. The molecule has 1 aromatic carbocycles. The van der Waals surface area contributed by atoms with Gasteiger partial charge in [-0.2, -0.15) is 0 Å². The van der Waals surface area contributed by atoms with Crippen LogP contribution in [0.15, 0.2) is 47.8 Å². The molecule has 0 aliphatic heterocycles. The Bertz CT molecular complexity index is 866. The summed E-state index contributed by atoms with van der Waals surface area (Å²) in [6.45, 7) is 3.61. The van der Waals surface area contributed by atoms with Gasteiger partial charge >= 0.3 is 0 Å². The molecule has 3 rings (SSSR count). The number of benzene rings is 1. The molecule has 0 bridgehead atoms. The summed E-state index contributed by atoms with van der Waals surface area (Å²) in [5.41, 5.74) is 7.62. The van der Waals surface area contributed by atoms with Crippen LogP contribution in [0.1, 0.15) is 20.8 Å². The van der Waals surface area contributed by atoms with Crippen LogP contribution in [0.4, 0.5) is 10.8 Å². The number of hydrogen-bond donors (Lipinski definition) is 4. The molecule has 0 atom stereocenters. The maximum absolute atomic E-state index is 12.0. The lowest BCUT2D eigenvalue weighted by Crippen LogP contribution is -2.12. The third-order valence-corrected chi connectivity index (χ3v) is 4.37. The highest BCUT2D eigenvalue weighted by atomic mass is 32.1. The topological polar surface area (TPSA) is 101 Å². The van der Waals surface area contributed by atoms with Crippen LogP contribution in [0.5, 0.6) is 5.75 Å². The molecule has 0 saturated carbocycles. The Balaban J connectivity index is 0.000000269. The number of rotatable bonds is 2. The van der Waals surface area contributed by atoms with Crippen molar-refractivity contribution < 1.29 is 9.90 Å². The summed E-state index contributed by atoms with van der Waals surface area (Å²) in [5.74, 6) is -0.124. The normalized spacial score (nSPS) is 9.88. The van der Waals surface area contributed by atoms with Crippen LogP contribution >= 0.6 is 24.0 Å². The predicted octanol–water partition coefficient (Wildman–Crippen LogP) is 3.67. The molecular formula is C17H18N4O2S2. The van der Waals surface area contributed by atoms with E-state index in [9.17, 15) is 9.90 Å². The lowest BCUT2D eigenvalue weighted by atomic mass is 10.1. The number of aryl methyl sites for hydroxylation is 1. The number of carbonyl (C=O) groups excluding carboxylic acids is 1. The van der Waals surface area contributed by atoms with E-state index in [4.69, 9.17) is 5.73 Å². The Labute approximate surface area is 155 Å². The Morgan fingerprint density at radius 1 is 1.28 bits per heavy atom. The minimum atomic E-state index is -0.277. The first-order valence-corrected chi connectivity index (χ1v) is 8.55. The van der Waals surface area contributed by atoms with E-state index < -0.39 is 0 Å². The number of carbonyl (C=O) groups is 1. The first-order chi connectivity index (χ1) is 11.9. The molecule has 130 valence electrons. The smallest absolute Gasteiger partial charge is 0.267 e. The third kappa shape index (κ3) is 5.20. The second-order valence-corrected chi connectivity index (χ2v) is 6.71. The summed E-state index contributed by atoms with van der Waals surface area (Å²) in [6, 6.07) is 7.09. The zero-order valence-electron chi connectivity index (χ0n) is 13.7. The van der Waals surface area contributed by atoms with Crippen LogP contribution in [-0.2, 0) is 0 Å². The molecule has 8 heteroatoms. The van der Waals surface area contributed by atoms with E-state index in [0.717, 1.165) is 21.8 Å². The van der Waals surface area contributed by atoms with E-state index in [2.05, 4.69) is 27.9 Å². The van der Waals surface area contributed by atoms with Gasteiger partial charge in [-0.25, -0.2) is 4.98 Å². The molecule has 0 aliphatic carbocycles. The zero-order valence-corrected chi connectivity index (χ0v) is 15.4. The fourth-order valence-electron chi connectivity index (χ4n) is 1.95. The molecule has 2 aromatic heterocycles. The van der Waals surface area contributed by atoms with Gasteiger partial charge in [-0.05, 0) is 37.6 Å². The van der Waals surface area contributed by atoms with Crippen molar-refractivity contribution in [2.45, 2.75) is 18.7 Å². The number of amides is 1. The number of nitrogens with zero attached hydrogens (tertiary/aromatic N) is 2. The molecule has 25 heavy (non-hydrogen) atoms. The van der Waals surface area contributed by atoms with E-state index in [1.54, 1.807) is 31.5 Å². The van der Waals surface area contributed by atoms with E-state index >= 15 is 0 Å². The number of nitrogens with two attached hydrogens (primary N) is 1. The van der Waals surface area contributed by atoms with Gasteiger partial charge in [0.05, 0.1) is 11.9 Å². The third-order valence-electron chi connectivity index (χ3n) is 3.28. The lowest BCUT2D eigenvalue weighted by molar-refractivity contribution is 0.103. The first kappa shape index (κ1) is 18.8. The van der Waals surface area contributed by atoms with Crippen LogP contribution < -0.4 is 11.1 Å². The molecule has 2 heterocycles. The molecule has 0 unspecified atom stereocenters. The Morgan fingerprint density at radius 3 is 2.56 bits per heavy atom. The van der Waals surface area contributed by atoms with Crippen molar-refractivity contribution in [3.05, 3.63) is 58.9 Å². The number of thiazole rings is 1. The van der Waals surface area contributed by atoms with E-state index in [0.29, 0.717) is 21.3 Å². The van der Waals surface area contributed by atoms with E-state index in [-0.39, 0.29) is 11.7 Å². The SMILES string of the molecule is Cc1ccc(O)c(C)c1NC(=O)c1cnc(N)s1.Sc1cccnc1. The molecule has 0 fully saturated rings. The van der Waals surface area contributed by atoms with Crippen molar-refractivity contribution in [2.24, 2.45) is 0 Å². The maximum atomic E-state index is 12.0. The minimum Gasteiger partial charge on any atom is -0.508 e. The average molecular weight is 374 g/mol. The molecule has 6 nitrogen and oxygen atoms in total. The summed E-state index contributed by atoms with van der Waals surface area (Å²) in [7, 11) is 0. The molecule has 0 aliphatic rings. The van der Waals surface area contributed by atoms with Crippen LogP contribution in [0.3, 0.4) is 0 Å². The van der Waals surface area contributed by atoms with Crippen LogP contribution in [0.2, 0.25) is 0 Å². The fraction of sp³-hybridized carbons (Fsp3) is 0.118. The predicted molar refractivity (Wildman–Crippen MR) is 104 cm³/mol. The van der Waals surface area contributed by atoms with Crippen molar-refractivity contribution in [1.82, 2.24) is 9.97 Å². The van der Waals surface area contributed by atoms with Gasteiger partial charge in [0, 0.05) is 22.9 Å². The number of aromatic nitrogens is 2. The number of phenols is 1. The average Bonchev–Trinajstić information content (AvgIpc) is 3.03. The van der Waals surface area contributed by atoms with Crippen molar-refractivity contribution in [3.63, 3.8) is 0 Å². The van der Waals surface area contributed by atoms with Crippen LogP contribution in [0.25, 0.3) is 0 Å². The van der Waals surface area contributed by atoms with Crippen LogP contribution in [-0.4, -0.2) is 21.0 Å². The standard InChI is InChI=1S/C12H13N3O2S.C5H5NS/c1-6-3-4-8(16)7(2)10(6)15-11(17)9-5-14-12(13)18-9;7-5-2-1-3-6-4-5/h3-5,16H,1-2H3,(H2,13,14)(H,15,17);1-4,7H. The molecule has 1 amide bonds. The first-order valence-electron chi connectivity index (χ1n) is 7.29. The maximum Gasteiger partial charge on any atom is 0.267 e. The molecule has 4 N–H and O–H groups in total. The highest BCUT2D eigenvalue weighted by Crippen LogP contribution is 2.28. The number of hydrogen-bond acceptors (Lipinski definition) is 7. The van der Waals surface area contributed by atoms with Crippen LogP contribution in [0, 0.1) is 13.8 Å². The Kier molecular flexibility index (Phi) is 6.37. The van der Waals surface area contributed by atoms with Gasteiger partial charge in [0.15, 0.2) is 5.13 Å². The number of nitrogens with one attached hydrogen (secondary N) is 1.